The largest absolute Gasteiger partial charge is 0.350 e. The van der Waals surface area contributed by atoms with E-state index in [1.165, 1.54) is 0 Å². The summed E-state index contributed by atoms with van der Waals surface area (Å²) in [6.45, 7) is 4.40. The molecule has 10 heavy (non-hydrogen) atoms. The fourth-order valence-corrected chi connectivity index (χ4v) is 0.558. The topological polar surface area (TPSA) is 41.1 Å². The molecule has 1 amide bonds. The van der Waals surface area contributed by atoms with E-state index in [2.05, 4.69) is 33.1 Å². The summed E-state index contributed by atoms with van der Waals surface area (Å²) in [6, 6.07) is 0. The van der Waals surface area contributed by atoms with Gasteiger partial charge in [0.15, 0.2) is 0 Å². The zero-order valence-electron chi connectivity index (χ0n) is 5.91. The molecule has 0 unspecified atom stereocenters. The average molecular weight is 207 g/mol. The normalized spacial score (nSPS) is 9.00. The van der Waals surface area contributed by atoms with Gasteiger partial charge in [-0.1, -0.05) is 22.5 Å². The first-order valence-corrected chi connectivity index (χ1v) is 3.70. The summed E-state index contributed by atoms with van der Waals surface area (Å²) in [4.78, 5) is 10.7. The third-order valence-electron chi connectivity index (χ3n) is 0.815. The first kappa shape index (κ1) is 9.65. The Labute approximate surface area is 69.0 Å². The Bertz CT molecular complexity index is 136. The molecule has 2 N–H and O–H groups in total. The van der Waals surface area contributed by atoms with Gasteiger partial charge in [-0.25, -0.2) is 0 Å². The van der Waals surface area contributed by atoms with Crippen LogP contribution in [-0.2, 0) is 4.79 Å². The van der Waals surface area contributed by atoms with Crippen LogP contribution in [0.3, 0.4) is 0 Å². The van der Waals surface area contributed by atoms with Crippen molar-refractivity contribution in [3.63, 3.8) is 0 Å². The smallest absolute Gasteiger partial charge is 0.234 e. The standard InChI is InChI=1S/C6H11BrN2O/c1-5(7)3-9-6(10)4-8-2/h8H,1,3-4H2,2H3,(H,9,10). The van der Waals surface area contributed by atoms with Gasteiger partial charge in [0.1, 0.15) is 0 Å². The predicted molar refractivity (Wildman–Crippen MR) is 45.0 cm³/mol. The number of carbonyl (C=O) groups excluding carboxylic acids is 1. The number of hydrogen-bond donors (Lipinski definition) is 2. The van der Waals surface area contributed by atoms with Gasteiger partial charge in [0.2, 0.25) is 5.91 Å². The van der Waals surface area contributed by atoms with Crippen molar-refractivity contribution in [1.29, 1.82) is 0 Å². The van der Waals surface area contributed by atoms with Crippen LogP contribution in [0, 0.1) is 0 Å². The van der Waals surface area contributed by atoms with Gasteiger partial charge in [-0.3, -0.25) is 4.79 Å². The van der Waals surface area contributed by atoms with Gasteiger partial charge in [0.25, 0.3) is 0 Å². The van der Waals surface area contributed by atoms with Crippen molar-refractivity contribution in [2.75, 3.05) is 20.1 Å². The summed E-state index contributed by atoms with van der Waals surface area (Å²) < 4.78 is 0.775. The van der Waals surface area contributed by atoms with E-state index in [0.717, 1.165) is 4.48 Å². The van der Waals surface area contributed by atoms with Crippen molar-refractivity contribution in [3.8, 4) is 0 Å². The molecule has 0 aliphatic carbocycles. The lowest BCUT2D eigenvalue weighted by Crippen LogP contribution is -2.32. The van der Waals surface area contributed by atoms with Crippen molar-refractivity contribution >= 4 is 21.8 Å². The molecule has 0 saturated carbocycles. The molecule has 0 bridgehead atoms. The molecule has 0 aliphatic rings. The maximum atomic E-state index is 10.7. The van der Waals surface area contributed by atoms with E-state index >= 15 is 0 Å². The van der Waals surface area contributed by atoms with Crippen molar-refractivity contribution in [1.82, 2.24) is 10.6 Å². The lowest BCUT2D eigenvalue weighted by atomic mass is 10.5. The van der Waals surface area contributed by atoms with Crippen LogP contribution in [0.4, 0.5) is 0 Å². The number of likely N-dealkylation sites (N-methyl/N-ethyl adjacent to an activating group) is 1. The van der Waals surface area contributed by atoms with Crippen LogP contribution >= 0.6 is 15.9 Å². The minimum atomic E-state index is -0.0249. The quantitative estimate of drug-likeness (QED) is 0.692. The molecule has 0 atom stereocenters. The van der Waals surface area contributed by atoms with Crippen molar-refractivity contribution in [3.05, 3.63) is 11.1 Å². The molecule has 0 spiro atoms. The van der Waals surface area contributed by atoms with E-state index < -0.39 is 0 Å². The van der Waals surface area contributed by atoms with Crippen LogP contribution in [0.5, 0.6) is 0 Å². The fraction of sp³-hybridized carbons (Fsp3) is 0.500. The maximum Gasteiger partial charge on any atom is 0.234 e. The van der Waals surface area contributed by atoms with Gasteiger partial charge >= 0.3 is 0 Å². The van der Waals surface area contributed by atoms with E-state index in [4.69, 9.17) is 0 Å². The predicted octanol–water partition coefficient (Wildman–Crippen LogP) is 0.231. The van der Waals surface area contributed by atoms with Gasteiger partial charge in [-0.2, -0.15) is 0 Å². The molecule has 0 fully saturated rings. The Hall–Kier alpha value is -0.350. The van der Waals surface area contributed by atoms with Crippen LogP contribution in [-0.4, -0.2) is 26.0 Å². The molecule has 0 aromatic heterocycles. The summed E-state index contributed by atoms with van der Waals surface area (Å²) >= 11 is 3.12. The molecule has 0 saturated heterocycles. The second kappa shape index (κ2) is 5.44. The van der Waals surface area contributed by atoms with E-state index in [-0.39, 0.29) is 5.91 Å². The first-order valence-electron chi connectivity index (χ1n) is 2.91. The highest BCUT2D eigenvalue weighted by atomic mass is 79.9. The van der Waals surface area contributed by atoms with E-state index in [1.54, 1.807) is 7.05 Å². The minimum Gasteiger partial charge on any atom is -0.350 e. The van der Waals surface area contributed by atoms with Crippen LogP contribution in [0.1, 0.15) is 0 Å². The third-order valence-corrected chi connectivity index (χ3v) is 1.10. The Morgan fingerprint density at radius 2 is 2.20 bits per heavy atom. The SMILES string of the molecule is C=C(Br)CNC(=O)CNC. The number of hydrogen-bond acceptors (Lipinski definition) is 2. The molecule has 0 aromatic carbocycles. The summed E-state index contributed by atoms with van der Waals surface area (Å²) in [5.74, 6) is -0.0249. The Balaban J connectivity index is 3.30. The first-order chi connectivity index (χ1) is 4.66. The van der Waals surface area contributed by atoms with Gasteiger partial charge < -0.3 is 10.6 Å². The number of carbonyl (C=O) groups is 1. The zero-order valence-corrected chi connectivity index (χ0v) is 7.49. The minimum absolute atomic E-state index is 0.0249. The van der Waals surface area contributed by atoms with Gasteiger partial charge in [0, 0.05) is 11.0 Å². The third kappa shape index (κ3) is 5.78. The van der Waals surface area contributed by atoms with Gasteiger partial charge in [0.05, 0.1) is 6.54 Å². The van der Waals surface area contributed by atoms with Crippen LogP contribution in [0.15, 0.2) is 11.1 Å². The molecule has 3 nitrogen and oxygen atoms in total. The summed E-state index contributed by atoms with van der Waals surface area (Å²) in [5.41, 5.74) is 0. The maximum absolute atomic E-state index is 10.7. The lowest BCUT2D eigenvalue weighted by Gasteiger charge is -2.01. The Morgan fingerprint density at radius 3 is 2.60 bits per heavy atom. The highest BCUT2D eigenvalue weighted by Gasteiger charge is 1.96. The molecule has 0 heterocycles. The Morgan fingerprint density at radius 1 is 1.60 bits per heavy atom. The molecule has 0 aliphatic heterocycles. The fourth-order valence-electron chi connectivity index (χ4n) is 0.418. The van der Waals surface area contributed by atoms with E-state index in [1.807, 2.05) is 0 Å². The Kier molecular flexibility index (Phi) is 5.25. The van der Waals surface area contributed by atoms with E-state index in [0.29, 0.717) is 13.1 Å². The lowest BCUT2D eigenvalue weighted by molar-refractivity contribution is -0.119. The second-order valence-electron chi connectivity index (χ2n) is 1.82. The second-order valence-corrected chi connectivity index (χ2v) is 2.95. The van der Waals surface area contributed by atoms with Crippen LogP contribution in [0.2, 0.25) is 0 Å². The van der Waals surface area contributed by atoms with Crippen molar-refractivity contribution in [2.24, 2.45) is 0 Å². The monoisotopic (exact) mass is 206 g/mol. The molecule has 0 aromatic rings. The zero-order chi connectivity index (χ0) is 7.98. The average Bonchev–Trinajstić information content (AvgIpc) is 1.85. The molecular weight excluding hydrogens is 196 g/mol. The number of halogens is 1. The molecule has 58 valence electrons. The van der Waals surface area contributed by atoms with Crippen LogP contribution in [0.25, 0.3) is 0 Å². The molecule has 0 rings (SSSR count). The van der Waals surface area contributed by atoms with Crippen molar-refractivity contribution in [2.45, 2.75) is 0 Å². The van der Waals surface area contributed by atoms with Gasteiger partial charge in [-0.15, -0.1) is 0 Å². The number of nitrogens with one attached hydrogen (secondary N) is 2. The number of rotatable bonds is 4. The van der Waals surface area contributed by atoms with Crippen molar-refractivity contribution < 1.29 is 4.79 Å². The number of amides is 1. The summed E-state index contributed by atoms with van der Waals surface area (Å²) in [6.07, 6.45) is 0. The van der Waals surface area contributed by atoms with E-state index in [9.17, 15) is 4.79 Å². The summed E-state index contributed by atoms with van der Waals surface area (Å²) in [5, 5.41) is 5.37. The highest BCUT2D eigenvalue weighted by Crippen LogP contribution is 1.95. The molecule has 0 radical (unpaired) electrons. The highest BCUT2D eigenvalue weighted by molar-refractivity contribution is 9.11. The molecule has 4 heteroatoms. The molecular formula is C6H11BrN2O. The van der Waals surface area contributed by atoms with Crippen LogP contribution < -0.4 is 10.6 Å². The van der Waals surface area contributed by atoms with Gasteiger partial charge in [-0.05, 0) is 7.05 Å². The summed E-state index contributed by atoms with van der Waals surface area (Å²) in [7, 11) is 1.72.